The highest BCUT2D eigenvalue weighted by Gasteiger charge is 2.43. The first kappa shape index (κ1) is 17.2. The lowest BCUT2D eigenvalue weighted by molar-refractivity contribution is -0.144. The maximum absolute atomic E-state index is 12.6. The van der Waals surface area contributed by atoms with Crippen molar-refractivity contribution in [3.8, 4) is 5.69 Å². The SMILES string of the molecule is Cc1cc(C)cc(-n2nc(C(=O)NC3(C(=O)O)CCCC3)cc2C)c1. The molecule has 1 aromatic heterocycles. The van der Waals surface area contributed by atoms with Crippen LogP contribution < -0.4 is 5.32 Å². The summed E-state index contributed by atoms with van der Waals surface area (Å²) in [5, 5.41) is 16.6. The van der Waals surface area contributed by atoms with Crippen molar-refractivity contribution in [1.82, 2.24) is 15.1 Å². The van der Waals surface area contributed by atoms with Gasteiger partial charge >= 0.3 is 5.97 Å². The molecule has 1 amide bonds. The molecule has 0 spiro atoms. The molecule has 0 unspecified atom stereocenters. The van der Waals surface area contributed by atoms with E-state index in [1.807, 2.05) is 32.9 Å². The summed E-state index contributed by atoms with van der Waals surface area (Å²) in [6.07, 6.45) is 2.54. The number of hydrogen-bond donors (Lipinski definition) is 2. The average Bonchev–Trinajstić information content (AvgIpc) is 3.14. The van der Waals surface area contributed by atoms with E-state index in [1.165, 1.54) is 0 Å². The molecular weight excluding hydrogens is 318 g/mol. The number of aliphatic carboxylic acids is 1. The molecule has 1 aliphatic carbocycles. The van der Waals surface area contributed by atoms with Crippen molar-refractivity contribution >= 4 is 11.9 Å². The molecule has 2 aromatic rings. The molecule has 2 N–H and O–H groups in total. The lowest BCUT2D eigenvalue weighted by atomic mass is 9.97. The quantitative estimate of drug-likeness (QED) is 0.895. The maximum atomic E-state index is 12.6. The second-order valence-electron chi connectivity index (χ2n) is 6.98. The molecule has 1 saturated carbocycles. The lowest BCUT2D eigenvalue weighted by Gasteiger charge is -2.24. The fraction of sp³-hybridized carbons (Fsp3) is 0.421. The first-order valence-electron chi connectivity index (χ1n) is 8.52. The van der Waals surface area contributed by atoms with Gasteiger partial charge in [0.25, 0.3) is 5.91 Å². The highest BCUT2D eigenvalue weighted by atomic mass is 16.4. The number of carbonyl (C=O) groups excluding carboxylic acids is 1. The van der Waals surface area contributed by atoms with Crippen molar-refractivity contribution in [2.45, 2.75) is 52.0 Å². The standard InChI is InChI=1S/C19H23N3O3/c1-12-8-13(2)10-15(9-12)22-14(3)11-16(21-22)17(23)20-19(18(24)25)6-4-5-7-19/h8-11H,4-7H2,1-3H3,(H,20,23)(H,24,25). The van der Waals surface area contributed by atoms with E-state index >= 15 is 0 Å². The normalized spacial score (nSPS) is 16.0. The third-order valence-electron chi connectivity index (χ3n) is 4.79. The second-order valence-corrected chi connectivity index (χ2v) is 6.98. The largest absolute Gasteiger partial charge is 0.480 e. The summed E-state index contributed by atoms with van der Waals surface area (Å²) < 4.78 is 1.72. The molecule has 0 atom stereocenters. The first-order chi connectivity index (χ1) is 11.8. The van der Waals surface area contributed by atoms with Crippen LogP contribution in [0.25, 0.3) is 5.69 Å². The summed E-state index contributed by atoms with van der Waals surface area (Å²) in [5.74, 6) is -1.40. The number of amides is 1. The van der Waals surface area contributed by atoms with Gasteiger partial charge in [0.05, 0.1) is 5.69 Å². The Hall–Kier alpha value is -2.63. The van der Waals surface area contributed by atoms with Crippen LogP contribution in [0.1, 0.15) is 53.0 Å². The molecule has 1 aliphatic rings. The van der Waals surface area contributed by atoms with Gasteiger partial charge in [-0.15, -0.1) is 0 Å². The molecule has 0 saturated heterocycles. The van der Waals surface area contributed by atoms with Crippen molar-refractivity contribution in [3.63, 3.8) is 0 Å². The number of aryl methyl sites for hydroxylation is 3. The Bertz CT molecular complexity index is 812. The van der Waals surface area contributed by atoms with Crippen molar-refractivity contribution in [1.29, 1.82) is 0 Å². The third-order valence-corrected chi connectivity index (χ3v) is 4.79. The van der Waals surface area contributed by atoms with Crippen LogP contribution in [0.2, 0.25) is 0 Å². The van der Waals surface area contributed by atoms with Gasteiger partial charge in [-0.1, -0.05) is 18.9 Å². The Labute approximate surface area is 146 Å². The van der Waals surface area contributed by atoms with Gasteiger partial charge < -0.3 is 10.4 Å². The molecule has 1 heterocycles. The zero-order valence-corrected chi connectivity index (χ0v) is 14.8. The number of nitrogens with one attached hydrogen (secondary N) is 1. The summed E-state index contributed by atoms with van der Waals surface area (Å²) in [7, 11) is 0. The smallest absolute Gasteiger partial charge is 0.329 e. The van der Waals surface area contributed by atoms with Crippen LogP contribution in [0.15, 0.2) is 24.3 Å². The van der Waals surface area contributed by atoms with Crippen molar-refractivity contribution in [3.05, 3.63) is 46.8 Å². The number of hydrogen-bond acceptors (Lipinski definition) is 3. The van der Waals surface area contributed by atoms with Crippen molar-refractivity contribution in [2.75, 3.05) is 0 Å². The monoisotopic (exact) mass is 341 g/mol. The van der Waals surface area contributed by atoms with Gasteiger partial charge in [-0.3, -0.25) is 4.79 Å². The zero-order chi connectivity index (χ0) is 18.2. The van der Waals surface area contributed by atoms with Gasteiger partial charge in [0.1, 0.15) is 5.54 Å². The van der Waals surface area contributed by atoms with Crippen LogP contribution in [0.3, 0.4) is 0 Å². The highest BCUT2D eigenvalue weighted by molar-refractivity contribution is 5.96. The van der Waals surface area contributed by atoms with Crippen molar-refractivity contribution in [2.24, 2.45) is 0 Å². The molecule has 132 valence electrons. The van der Waals surface area contributed by atoms with Crippen LogP contribution >= 0.6 is 0 Å². The number of carboxylic acid groups (broad SMARTS) is 1. The van der Waals surface area contributed by atoms with E-state index in [0.717, 1.165) is 35.3 Å². The number of rotatable bonds is 4. The van der Waals surface area contributed by atoms with Gasteiger partial charge in [0.15, 0.2) is 5.69 Å². The summed E-state index contributed by atoms with van der Waals surface area (Å²) in [5.41, 5.74) is 3.03. The van der Waals surface area contributed by atoms with Crippen LogP contribution in [0.4, 0.5) is 0 Å². The Morgan fingerprint density at radius 2 is 1.68 bits per heavy atom. The molecule has 6 nitrogen and oxygen atoms in total. The van der Waals surface area contributed by atoms with E-state index < -0.39 is 17.4 Å². The molecule has 1 aromatic carbocycles. The minimum atomic E-state index is -1.16. The van der Waals surface area contributed by atoms with Gasteiger partial charge in [-0.05, 0) is 62.9 Å². The summed E-state index contributed by atoms with van der Waals surface area (Å²) in [4.78, 5) is 24.2. The summed E-state index contributed by atoms with van der Waals surface area (Å²) >= 11 is 0. The van der Waals surface area contributed by atoms with E-state index in [-0.39, 0.29) is 5.69 Å². The maximum Gasteiger partial charge on any atom is 0.329 e. The highest BCUT2D eigenvalue weighted by Crippen LogP contribution is 2.30. The minimum absolute atomic E-state index is 0.240. The van der Waals surface area contributed by atoms with Crippen LogP contribution in [0.5, 0.6) is 0 Å². The van der Waals surface area contributed by atoms with E-state index in [4.69, 9.17) is 0 Å². The van der Waals surface area contributed by atoms with E-state index in [1.54, 1.807) is 10.7 Å². The predicted octanol–water partition coefficient (Wildman–Crippen LogP) is 2.92. The van der Waals surface area contributed by atoms with E-state index in [9.17, 15) is 14.7 Å². The second kappa shape index (κ2) is 6.35. The van der Waals surface area contributed by atoms with Crippen molar-refractivity contribution < 1.29 is 14.7 Å². The number of carboxylic acids is 1. The molecule has 6 heteroatoms. The molecule has 0 bridgehead atoms. The van der Waals surface area contributed by atoms with E-state index in [0.29, 0.717) is 12.8 Å². The fourth-order valence-corrected chi connectivity index (χ4v) is 3.57. The predicted molar refractivity (Wildman–Crippen MR) is 94.1 cm³/mol. The van der Waals surface area contributed by atoms with Gasteiger partial charge in [0.2, 0.25) is 0 Å². The van der Waals surface area contributed by atoms with Gasteiger partial charge in [0, 0.05) is 5.69 Å². The molecule has 3 rings (SSSR count). The Kier molecular flexibility index (Phi) is 4.37. The summed E-state index contributed by atoms with van der Waals surface area (Å²) in [6.45, 7) is 5.91. The van der Waals surface area contributed by atoms with Crippen LogP contribution in [0, 0.1) is 20.8 Å². The molecule has 1 fully saturated rings. The molecule has 0 aliphatic heterocycles. The fourth-order valence-electron chi connectivity index (χ4n) is 3.57. The Morgan fingerprint density at radius 3 is 2.24 bits per heavy atom. The van der Waals surface area contributed by atoms with Gasteiger partial charge in [-0.2, -0.15) is 5.10 Å². The number of carbonyl (C=O) groups is 2. The average molecular weight is 341 g/mol. The topological polar surface area (TPSA) is 84.2 Å². The number of nitrogens with zero attached hydrogens (tertiary/aromatic N) is 2. The third kappa shape index (κ3) is 3.29. The van der Waals surface area contributed by atoms with E-state index in [2.05, 4.69) is 16.5 Å². The zero-order valence-electron chi connectivity index (χ0n) is 14.8. The number of benzene rings is 1. The number of aromatic nitrogens is 2. The molecule has 25 heavy (non-hydrogen) atoms. The molecular formula is C19H23N3O3. The lowest BCUT2D eigenvalue weighted by Crippen LogP contribution is -2.52. The van der Waals surface area contributed by atoms with Crippen LogP contribution in [-0.2, 0) is 4.79 Å². The first-order valence-corrected chi connectivity index (χ1v) is 8.52. The minimum Gasteiger partial charge on any atom is -0.480 e. The summed E-state index contributed by atoms with van der Waals surface area (Å²) in [6, 6.07) is 7.78. The van der Waals surface area contributed by atoms with Crippen LogP contribution in [-0.4, -0.2) is 32.3 Å². The Balaban J connectivity index is 1.89. The van der Waals surface area contributed by atoms with Gasteiger partial charge in [-0.25, -0.2) is 9.48 Å². The Morgan fingerprint density at radius 1 is 1.08 bits per heavy atom. The molecule has 0 radical (unpaired) electrons.